The molecule has 0 saturated carbocycles. The van der Waals surface area contributed by atoms with Crippen molar-refractivity contribution < 1.29 is 13.6 Å². The Morgan fingerprint density at radius 2 is 1.80 bits per heavy atom. The van der Waals surface area contributed by atoms with E-state index in [1.165, 1.54) is 0 Å². The predicted octanol–water partition coefficient (Wildman–Crippen LogP) is 3.63. The highest BCUT2D eigenvalue weighted by molar-refractivity contribution is 7.54. The number of hydrogen-bond donors (Lipinski definition) is 0. The van der Waals surface area contributed by atoms with E-state index in [1.807, 2.05) is 37.4 Å². The van der Waals surface area contributed by atoms with Crippen LogP contribution in [0.15, 0.2) is 40.7 Å². The van der Waals surface area contributed by atoms with Gasteiger partial charge in [0.05, 0.1) is 13.2 Å². The zero-order chi connectivity index (χ0) is 14.6. The minimum absolute atomic E-state index is 0.236. The molecule has 1 aliphatic heterocycles. The van der Waals surface area contributed by atoms with Gasteiger partial charge in [-0.05, 0) is 19.4 Å². The lowest BCUT2D eigenvalue weighted by Gasteiger charge is -2.27. The third-order valence-corrected chi connectivity index (χ3v) is 5.35. The number of nitrogens with zero attached hydrogens (tertiary/aromatic N) is 3. The molecule has 6 nitrogen and oxygen atoms in total. The molecule has 0 radical (unpaired) electrons. The minimum atomic E-state index is -3.33. The maximum Gasteiger partial charge on any atom is 0.359 e. The standard InChI is InChI=1S/C13H20N3O3P/c1-4-18-20(17,19-5-2)13-12(16(3)15-14-13)11-9-7-6-8-10-11/h6-10,12-13H,4-5H2,1-3H3. The normalized spacial score (nSPS) is 22.4. The summed E-state index contributed by atoms with van der Waals surface area (Å²) in [5.41, 5.74) is 0.990. The van der Waals surface area contributed by atoms with Gasteiger partial charge in [-0.2, -0.15) is 5.11 Å². The van der Waals surface area contributed by atoms with Gasteiger partial charge >= 0.3 is 7.60 Å². The molecule has 0 aromatic heterocycles. The Kier molecular flexibility index (Phi) is 4.91. The number of benzene rings is 1. The average molecular weight is 297 g/mol. The van der Waals surface area contributed by atoms with Crippen LogP contribution in [0.2, 0.25) is 0 Å². The third kappa shape index (κ3) is 2.92. The lowest BCUT2D eigenvalue weighted by Crippen LogP contribution is -2.25. The highest BCUT2D eigenvalue weighted by atomic mass is 31.2. The lowest BCUT2D eigenvalue weighted by molar-refractivity contribution is 0.199. The van der Waals surface area contributed by atoms with E-state index in [0.29, 0.717) is 13.2 Å². The van der Waals surface area contributed by atoms with Gasteiger partial charge in [0.25, 0.3) is 0 Å². The molecule has 2 unspecified atom stereocenters. The predicted molar refractivity (Wildman–Crippen MR) is 76.4 cm³/mol. The number of rotatable bonds is 6. The van der Waals surface area contributed by atoms with Crippen LogP contribution < -0.4 is 0 Å². The third-order valence-electron chi connectivity index (χ3n) is 3.08. The molecule has 0 amide bonds. The Hall–Kier alpha value is -1.23. The Morgan fingerprint density at radius 3 is 2.35 bits per heavy atom. The fourth-order valence-corrected chi connectivity index (χ4v) is 4.25. The van der Waals surface area contributed by atoms with Gasteiger partial charge in [-0.25, -0.2) is 0 Å². The monoisotopic (exact) mass is 297 g/mol. The molecule has 20 heavy (non-hydrogen) atoms. The molecule has 2 atom stereocenters. The first kappa shape index (κ1) is 15.2. The topological polar surface area (TPSA) is 63.5 Å². The first-order valence-corrected chi connectivity index (χ1v) is 8.31. The van der Waals surface area contributed by atoms with Crippen LogP contribution in [-0.2, 0) is 13.6 Å². The Labute approximate surface area is 119 Å². The summed E-state index contributed by atoms with van der Waals surface area (Å²) in [6.07, 6.45) is 0. The van der Waals surface area contributed by atoms with Gasteiger partial charge in [-0.15, -0.1) is 0 Å². The molecule has 110 valence electrons. The van der Waals surface area contributed by atoms with Crippen LogP contribution in [-0.4, -0.2) is 31.1 Å². The molecule has 7 heteroatoms. The second-order valence-electron chi connectivity index (χ2n) is 4.42. The second-order valence-corrected chi connectivity index (χ2v) is 6.55. The maximum absolute atomic E-state index is 12.9. The van der Waals surface area contributed by atoms with Gasteiger partial charge in [-0.1, -0.05) is 35.6 Å². The highest BCUT2D eigenvalue weighted by Crippen LogP contribution is 2.60. The van der Waals surface area contributed by atoms with Crippen LogP contribution in [0.3, 0.4) is 0 Å². The van der Waals surface area contributed by atoms with Crippen molar-refractivity contribution in [2.45, 2.75) is 25.7 Å². The molecule has 0 fully saturated rings. The van der Waals surface area contributed by atoms with Gasteiger partial charge in [0, 0.05) is 7.05 Å². The summed E-state index contributed by atoms with van der Waals surface area (Å²) in [4.78, 5) is 0. The SMILES string of the molecule is CCOP(=O)(OCC)C1N=NN(C)C1c1ccccc1. The molecule has 1 heterocycles. The van der Waals surface area contributed by atoms with Crippen LogP contribution in [0.1, 0.15) is 25.5 Å². The van der Waals surface area contributed by atoms with Crippen molar-refractivity contribution in [3.63, 3.8) is 0 Å². The van der Waals surface area contributed by atoms with Crippen molar-refractivity contribution in [3.05, 3.63) is 35.9 Å². The summed E-state index contributed by atoms with van der Waals surface area (Å²) in [5.74, 6) is -0.630. The molecular formula is C13H20N3O3P. The molecule has 0 aliphatic carbocycles. The molecular weight excluding hydrogens is 277 g/mol. The van der Waals surface area contributed by atoms with E-state index >= 15 is 0 Å². The summed E-state index contributed by atoms with van der Waals surface area (Å²) >= 11 is 0. The van der Waals surface area contributed by atoms with Crippen LogP contribution >= 0.6 is 7.60 Å². The van der Waals surface area contributed by atoms with E-state index in [-0.39, 0.29) is 6.04 Å². The molecule has 1 aromatic carbocycles. The first-order chi connectivity index (χ1) is 9.62. The van der Waals surface area contributed by atoms with Gasteiger partial charge < -0.3 is 9.05 Å². The zero-order valence-electron chi connectivity index (χ0n) is 12.0. The number of likely N-dealkylation sites (N-methyl/N-ethyl adjacent to an activating group) is 1. The van der Waals surface area contributed by atoms with Gasteiger partial charge in [-0.3, -0.25) is 9.57 Å². The van der Waals surface area contributed by atoms with Crippen molar-refractivity contribution >= 4 is 7.60 Å². The maximum atomic E-state index is 12.9. The van der Waals surface area contributed by atoms with Crippen molar-refractivity contribution in [3.8, 4) is 0 Å². The average Bonchev–Trinajstić information content (AvgIpc) is 2.83. The second kappa shape index (κ2) is 6.48. The molecule has 0 spiro atoms. The smallest absolute Gasteiger partial charge is 0.307 e. The summed E-state index contributed by atoms with van der Waals surface area (Å²) in [5, 5.41) is 9.85. The van der Waals surface area contributed by atoms with E-state index in [9.17, 15) is 4.57 Å². The molecule has 1 aromatic rings. The molecule has 0 N–H and O–H groups in total. The van der Waals surface area contributed by atoms with Gasteiger partial charge in [0.2, 0.25) is 0 Å². The molecule has 1 aliphatic rings. The van der Waals surface area contributed by atoms with Crippen LogP contribution in [0.25, 0.3) is 0 Å². The van der Waals surface area contributed by atoms with E-state index < -0.39 is 13.4 Å². The van der Waals surface area contributed by atoms with Gasteiger partial charge in [0.1, 0.15) is 6.04 Å². The summed E-state index contributed by atoms with van der Waals surface area (Å²) in [6.45, 7) is 4.21. The largest absolute Gasteiger partial charge is 0.359 e. The van der Waals surface area contributed by atoms with E-state index in [0.717, 1.165) is 5.56 Å². The quantitative estimate of drug-likeness (QED) is 0.752. The highest BCUT2D eigenvalue weighted by Gasteiger charge is 2.47. The van der Waals surface area contributed by atoms with Crippen molar-refractivity contribution in [2.24, 2.45) is 10.3 Å². The van der Waals surface area contributed by atoms with Crippen molar-refractivity contribution in [1.82, 2.24) is 5.01 Å². The molecule has 0 bridgehead atoms. The van der Waals surface area contributed by atoms with Crippen LogP contribution in [0.4, 0.5) is 0 Å². The Balaban J connectivity index is 2.33. The fraction of sp³-hybridized carbons (Fsp3) is 0.538. The fourth-order valence-electron chi connectivity index (χ4n) is 2.27. The van der Waals surface area contributed by atoms with E-state index in [4.69, 9.17) is 9.05 Å². The van der Waals surface area contributed by atoms with E-state index in [1.54, 1.807) is 18.9 Å². The van der Waals surface area contributed by atoms with Crippen LogP contribution in [0, 0.1) is 0 Å². The Bertz CT molecular complexity index is 499. The number of hydrogen-bond acceptors (Lipinski definition) is 6. The zero-order valence-corrected chi connectivity index (χ0v) is 12.9. The Morgan fingerprint density at radius 1 is 1.20 bits per heavy atom. The summed E-state index contributed by atoms with van der Waals surface area (Å²) in [7, 11) is -1.52. The summed E-state index contributed by atoms with van der Waals surface area (Å²) in [6, 6.07) is 9.50. The first-order valence-electron chi connectivity index (χ1n) is 6.69. The minimum Gasteiger partial charge on any atom is -0.307 e. The van der Waals surface area contributed by atoms with Crippen LogP contribution in [0.5, 0.6) is 0 Å². The molecule has 0 saturated heterocycles. The summed E-state index contributed by atoms with van der Waals surface area (Å²) < 4.78 is 23.7. The lowest BCUT2D eigenvalue weighted by atomic mass is 10.1. The molecule has 2 rings (SSSR count). The van der Waals surface area contributed by atoms with E-state index in [2.05, 4.69) is 10.3 Å². The van der Waals surface area contributed by atoms with Crippen molar-refractivity contribution in [1.29, 1.82) is 0 Å². The van der Waals surface area contributed by atoms with Crippen molar-refractivity contribution in [2.75, 3.05) is 20.3 Å². The van der Waals surface area contributed by atoms with Gasteiger partial charge in [0.15, 0.2) is 5.78 Å².